The quantitative estimate of drug-likeness (QED) is 0.645. The highest BCUT2D eigenvalue weighted by atomic mass is 32.2. The number of hydrogen-bond acceptors (Lipinski definition) is 2. The predicted octanol–water partition coefficient (Wildman–Crippen LogP) is 4.84. The molecule has 0 saturated carbocycles. The third kappa shape index (κ3) is 3.78. The van der Waals surface area contributed by atoms with Gasteiger partial charge in [0.1, 0.15) is 5.82 Å². The van der Waals surface area contributed by atoms with Crippen molar-refractivity contribution >= 4 is 15.7 Å². The van der Waals surface area contributed by atoms with Gasteiger partial charge >= 0.3 is 0 Å². The number of hydrogen-bond donors (Lipinski definition) is 0. The van der Waals surface area contributed by atoms with Crippen LogP contribution in [0.1, 0.15) is 16.7 Å². The Bertz CT molecular complexity index is 1010. The summed E-state index contributed by atoms with van der Waals surface area (Å²) in [6.45, 7) is 3.90. The van der Waals surface area contributed by atoms with Crippen LogP contribution >= 0.6 is 0 Å². The van der Waals surface area contributed by atoms with Gasteiger partial charge in [-0.2, -0.15) is 0 Å². The van der Waals surface area contributed by atoms with Crippen LogP contribution in [0.4, 0.5) is 10.1 Å². The van der Waals surface area contributed by atoms with Gasteiger partial charge in [-0.3, -0.25) is 4.31 Å². The molecule has 0 spiro atoms. The molecule has 0 aromatic heterocycles. The van der Waals surface area contributed by atoms with Crippen LogP contribution < -0.4 is 4.31 Å². The molecule has 26 heavy (non-hydrogen) atoms. The molecule has 0 saturated heterocycles. The Kier molecular flexibility index (Phi) is 5.09. The zero-order valence-electron chi connectivity index (χ0n) is 14.7. The molecule has 0 aliphatic rings. The first-order valence-corrected chi connectivity index (χ1v) is 9.71. The van der Waals surface area contributed by atoms with E-state index in [2.05, 4.69) is 0 Å². The van der Waals surface area contributed by atoms with Crippen molar-refractivity contribution in [2.45, 2.75) is 25.3 Å². The summed E-state index contributed by atoms with van der Waals surface area (Å²) < 4.78 is 41.4. The van der Waals surface area contributed by atoms with Crippen molar-refractivity contribution in [1.29, 1.82) is 0 Å². The average molecular weight is 369 g/mol. The minimum Gasteiger partial charge on any atom is -0.262 e. The van der Waals surface area contributed by atoms with E-state index in [1.165, 1.54) is 28.6 Å². The topological polar surface area (TPSA) is 37.4 Å². The van der Waals surface area contributed by atoms with E-state index in [0.29, 0.717) is 11.3 Å². The van der Waals surface area contributed by atoms with Gasteiger partial charge in [0.2, 0.25) is 0 Å². The Balaban J connectivity index is 2.11. The number of benzene rings is 3. The van der Waals surface area contributed by atoms with Gasteiger partial charge in [0.25, 0.3) is 10.0 Å². The summed E-state index contributed by atoms with van der Waals surface area (Å²) in [5, 5.41) is 0. The van der Waals surface area contributed by atoms with Gasteiger partial charge < -0.3 is 0 Å². The van der Waals surface area contributed by atoms with Gasteiger partial charge in [0.05, 0.1) is 17.1 Å². The minimum absolute atomic E-state index is 0.171. The molecule has 134 valence electrons. The SMILES string of the molecule is Cc1cccc(CN(c2ccc(F)cc2)S(=O)(=O)c2ccccc2C)c1. The first kappa shape index (κ1) is 18.1. The first-order chi connectivity index (χ1) is 12.4. The van der Waals surface area contributed by atoms with E-state index < -0.39 is 15.8 Å². The lowest BCUT2D eigenvalue weighted by molar-refractivity contribution is 0.589. The molecule has 0 radical (unpaired) electrons. The van der Waals surface area contributed by atoms with Crippen LogP contribution in [0.25, 0.3) is 0 Å². The number of rotatable bonds is 5. The molecule has 3 aromatic carbocycles. The normalized spacial score (nSPS) is 11.3. The maximum atomic E-state index is 13.4. The molecule has 0 aliphatic carbocycles. The van der Waals surface area contributed by atoms with Crippen molar-refractivity contribution in [3.63, 3.8) is 0 Å². The predicted molar refractivity (Wildman–Crippen MR) is 102 cm³/mol. The number of sulfonamides is 1. The number of halogens is 1. The van der Waals surface area contributed by atoms with Gasteiger partial charge in [0.15, 0.2) is 0 Å². The van der Waals surface area contributed by atoms with Crippen LogP contribution in [0.2, 0.25) is 0 Å². The van der Waals surface area contributed by atoms with Gasteiger partial charge in [-0.25, -0.2) is 12.8 Å². The monoisotopic (exact) mass is 369 g/mol. The van der Waals surface area contributed by atoms with E-state index in [1.807, 2.05) is 31.2 Å². The Morgan fingerprint density at radius 1 is 0.885 bits per heavy atom. The fourth-order valence-electron chi connectivity index (χ4n) is 2.86. The summed E-state index contributed by atoms with van der Waals surface area (Å²) in [5.74, 6) is -0.405. The third-order valence-electron chi connectivity index (χ3n) is 4.18. The molecule has 0 amide bonds. The van der Waals surface area contributed by atoms with Crippen LogP contribution in [0, 0.1) is 19.7 Å². The highest BCUT2D eigenvalue weighted by Crippen LogP contribution is 2.28. The van der Waals surface area contributed by atoms with Crippen molar-refractivity contribution in [1.82, 2.24) is 0 Å². The molecule has 5 heteroatoms. The smallest absolute Gasteiger partial charge is 0.262 e. The van der Waals surface area contributed by atoms with E-state index >= 15 is 0 Å². The molecule has 0 heterocycles. The second-order valence-corrected chi connectivity index (χ2v) is 8.07. The largest absolute Gasteiger partial charge is 0.264 e. The summed E-state index contributed by atoms with van der Waals surface area (Å²) >= 11 is 0. The molecule has 0 fully saturated rings. The van der Waals surface area contributed by atoms with Crippen LogP contribution in [0.5, 0.6) is 0 Å². The Morgan fingerprint density at radius 2 is 1.58 bits per heavy atom. The highest BCUT2D eigenvalue weighted by Gasteiger charge is 2.26. The van der Waals surface area contributed by atoms with Gasteiger partial charge in [-0.1, -0.05) is 48.0 Å². The molecule has 0 aliphatic heterocycles. The second kappa shape index (κ2) is 7.30. The van der Waals surface area contributed by atoms with E-state index in [-0.39, 0.29) is 11.4 Å². The molecule has 3 aromatic rings. The number of aryl methyl sites for hydroxylation is 2. The van der Waals surface area contributed by atoms with Crippen molar-refractivity contribution in [2.24, 2.45) is 0 Å². The van der Waals surface area contributed by atoms with E-state index in [1.54, 1.807) is 31.2 Å². The highest BCUT2D eigenvalue weighted by molar-refractivity contribution is 7.92. The average Bonchev–Trinajstić information content (AvgIpc) is 2.61. The standard InChI is InChI=1S/C21H20FNO2S/c1-16-6-5-8-18(14-16)15-23(20-12-10-19(22)11-13-20)26(24,25)21-9-4-3-7-17(21)2/h3-14H,15H2,1-2H3. The summed E-state index contributed by atoms with van der Waals surface area (Å²) in [7, 11) is -3.80. The molecular weight excluding hydrogens is 349 g/mol. The molecule has 0 unspecified atom stereocenters. The summed E-state index contributed by atoms with van der Waals surface area (Å²) in [5.41, 5.74) is 3.02. The van der Waals surface area contributed by atoms with Crippen molar-refractivity contribution in [3.8, 4) is 0 Å². The van der Waals surface area contributed by atoms with E-state index in [0.717, 1.165) is 11.1 Å². The number of nitrogens with zero attached hydrogens (tertiary/aromatic N) is 1. The van der Waals surface area contributed by atoms with Crippen LogP contribution in [-0.2, 0) is 16.6 Å². The first-order valence-electron chi connectivity index (χ1n) is 8.27. The Hall–Kier alpha value is -2.66. The lowest BCUT2D eigenvalue weighted by Crippen LogP contribution is -2.31. The molecule has 3 nitrogen and oxygen atoms in total. The van der Waals surface area contributed by atoms with Crippen LogP contribution in [0.15, 0.2) is 77.7 Å². The molecular formula is C21H20FNO2S. The second-order valence-electron chi connectivity index (χ2n) is 6.24. The van der Waals surface area contributed by atoms with Crippen molar-refractivity contribution in [3.05, 3.63) is 95.3 Å². The molecule has 0 atom stereocenters. The zero-order valence-corrected chi connectivity index (χ0v) is 15.5. The van der Waals surface area contributed by atoms with Gasteiger partial charge in [-0.15, -0.1) is 0 Å². The fourth-order valence-corrected chi connectivity index (χ4v) is 4.54. The van der Waals surface area contributed by atoms with Crippen molar-refractivity contribution in [2.75, 3.05) is 4.31 Å². The lowest BCUT2D eigenvalue weighted by atomic mass is 10.1. The zero-order chi connectivity index (χ0) is 18.7. The van der Waals surface area contributed by atoms with Crippen LogP contribution in [0.3, 0.4) is 0 Å². The molecule has 0 bridgehead atoms. The van der Waals surface area contributed by atoms with E-state index in [9.17, 15) is 12.8 Å². The Morgan fingerprint density at radius 3 is 2.23 bits per heavy atom. The summed E-state index contributed by atoms with van der Waals surface area (Å²) in [4.78, 5) is 0.247. The van der Waals surface area contributed by atoms with Gasteiger partial charge in [-0.05, 0) is 55.3 Å². The van der Waals surface area contributed by atoms with Crippen molar-refractivity contribution < 1.29 is 12.8 Å². The Labute approximate surface area is 153 Å². The number of anilines is 1. The minimum atomic E-state index is -3.80. The maximum absolute atomic E-state index is 13.4. The lowest BCUT2D eigenvalue weighted by Gasteiger charge is -2.25. The van der Waals surface area contributed by atoms with Crippen LogP contribution in [-0.4, -0.2) is 8.42 Å². The summed E-state index contributed by atoms with van der Waals surface area (Å²) in [6.07, 6.45) is 0. The molecule has 0 N–H and O–H groups in total. The fraction of sp³-hybridized carbons (Fsp3) is 0.143. The molecule has 3 rings (SSSR count). The summed E-state index contributed by atoms with van der Waals surface area (Å²) in [6, 6.07) is 20.1. The van der Waals surface area contributed by atoms with E-state index in [4.69, 9.17) is 0 Å². The maximum Gasteiger partial charge on any atom is 0.264 e. The third-order valence-corrected chi connectivity index (χ3v) is 6.12. The van der Waals surface area contributed by atoms with Gasteiger partial charge in [0, 0.05) is 0 Å².